The number of anilines is 1. The molecule has 7 nitrogen and oxygen atoms in total. The van der Waals surface area contributed by atoms with Crippen LogP contribution in [0.25, 0.3) is 10.9 Å². The van der Waals surface area contributed by atoms with Crippen molar-refractivity contribution in [2.75, 3.05) is 11.9 Å². The second-order valence-electron chi connectivity index (χ2n) is 4.50. The summed E-state index contributed by atoms with van der Waals surface area (Å²) in [5, 5.41) is 29.0. The van der Waals surface area contributed by atoms with E-state index in [2.05, 4.69) is 31.9 Å². The molecule has 0 aliphatic rings. The molecule has 0 aliphatic heterocycles. The van der Waals surface area contributed by atoms with E-state index < -0.39 is 0 Å². The number of hydrogen-bond acceptors (Lipinski definition) is 6. The lowest BCUT2D eigenvalue weighted by Crippen LogP contribution is -2.09. The Kier molecular flexibility index (Phi) is 3.69. The Balaban J connectivity index is 1.74. The number of nitrogens with zero attached hydrogens (tertiary/aromatic N) is 6. The van der Waals surface area contributed by atoms with Gasteiger partial charge in [-0.1, -0.05) is 23.4 Å². The van der Waals surface area contributed by atoms with Crippen LogP contribution in [0.2, 0.25) is 0 Å². The zero-order valence-corrected chi connectivity index (χ0v) is 11.3. The van der Waals surface area contributed by atoms with Crippen LogP contribution in [-0.4, -0.2) is 31.7 Å². The van der Waals surface area contributed by atoms with Crippen molar-refractivity contribution >= 4 is 16.6 Å². The van der Waals surface area contributed by atoms with Gasteiger partial charge >= 0.3 is 0 Å². The van der Waals surface area contributed by atoms with Crippen LogP contribution in [0, 0.1) is 11.3 Å². The first kappa shape index (κ1) is 13.0. The Morgan fingerprint density at radius 1 is 1.24 bits per heavy atom. The predicted molar refractivity (Wildman–Crippen MR) is 77.4 cm³/mol. The molecule has 1 N–H and O–H groups in total. The topological polar surface area (TPSA) is 92.3 Å². The van der Waals surface area contributed by atoms with E-state index in [9.17, 15) is 0 Å². The van der Waals surface area contributed by atoms with E-state index in [4.69, 9.17) is 5.26 Å². The van der Waals surface area contributed by atoms with Crippen LogP contribution >= 0.6 is 0 Å². The number of fused-ring (bicyclic) bond motifs is 1. The summed E-state index contributed by atoms with van der Waals surface area (Å²) in [6, 6.07) is 9.72. The number of rotatable bonds is 5. The largest absolute Gasteiger partial charge is 0.382 e. The fourth-order valence-electron chi connectivity index (χ4n) is 2.12. The van der Waals surface area contributed by atoms with Crippen LogP contribution in [0.1, 0.15) is 12.1 Å². The van der Waals surface area contributed by atoms with E-state index in [1.165, 1.54) is 0 Å². The molecule has 3 rings (SSSR count). The lowest BCUT2D eigenvalue weighted by atomic mass is 10.1. The summed E-state index contributed by atoms with van der Waals surface area (Å²) in [4.78, 5) is 0. The molecule has 21 heavy (non-hydrogen) atoms. The Morgan fingerprint density at radius 3 is 2.95 bits per heavy atom. The van der Waals surface area contributed by atoms with E-state index >= 15 is 0 Å². The average molecular weight is 279 g/mol. The SMILES string of the molecule is N#Cc1nnc2ccccc2c1NCCCn1ccnn1. The normalized spacial score (nSPS) is 10.4. The molecule has 2 aromatic heterocycles. The van der Waals surface area contributed by atoms with Crippen LogP contribution in [0.15, 0.2) is 36.7 Å². The quantitative estimate of drug-likeness (QED) is 0.713. The van der Waals surface area contributed by atoms with Gasteiger partial charge in [0.2, 0.25) is 0 Å². The second kappa shape index (κ2) is 5.96. The zero-order chi connectivity index (χ0) is 14.5. The summed E-state index contributed by atoms with van der Waals surface area (Å²) in [6.45, 7) is 1.48. The van der Waals surface area contributed by atoms with Gasteiger partial charge in [-0.2, -0.15) is 5.26 Å². The van der Waals surface area contributed by atoms with Gasteiger partial charge in [-0.3, -0.25) is 4.68 Å². The van der Waals surface area contributed by atoms with Crippen molar-refractivity contribution in [2.24, 2.45) is 0 Å². The van der Waals surface area contributed by atoms with Gasteiger partial charge in [0.25, 0.3) is 0 Å². The fraction of sp³-hybridized carbons (Fsp3) is 0.214. The molecule has 3 aromatic rings. The minimum absolute atomic E-state index is 0.314. The first-order valence-corrected chi connectivity index (χ1v) is 6.62. The van der Waals surface area contributed by atoms with Crippen LogP contribution in [0.4, 0.5) is 5.69 Å². The summed E-state index contributed by atoms with van der Waals surface area (Å²) < 4.78 is 1.77. The van der Waals surface area contributed by atoms with E-state index in [0.717, 1.165) is 29.6 Å². The molecule has 0 saturated heterocycles. The lowest BCUT2D eigenvalue weighted by Gasteiger charge is -2.10. The van der Waals surface area contributed by atoms with Gasteiger partial charge in [-0.05, 0) is 12.5 Å². The summed E-state index contributed by atoms with van der Waals surface area (Å²) in [6.07, 6.45) is 4.34. The molecule has 0 radical (unpaired) electrons. The molecule has 0 bridgehead atoms. The smallest absolute Gasteiger partial charge is 0.186 e. The summed E-state index contributed by atoms with van der Waals surface area (Å²) in [5.74, 6) is 0. The molecule has 2 heterocycles. The van der Waals surface area contributed by atoms with Crippen molar-refractivity contribution in [3.63, 3.8) is 0 Å². The minimum atomic E-state index is 0.314. The van der Waals surface area contributed by atoms with Crippen LogP contribution in [0.5, 0.6) is 0 Å². The van der Waals surface area contributed by atoms with E-state index in [1.54, 1.807) is 10.9 Å². The number of hydrogen-bond donors (Lipinski definition) is 1. The lowest BCUT2D eigenvalue weighted by molar-refractivity contribution is 0.570. The summed E-state index contributed by atoms with van der Waals surface area (Å²) in [7, 11) is 0. The van der Waals surface area contributed by atoms with Gasteiger partial charge in [-0.15, -0.1) is 15.3 Å². The van der Waals surface area contributed by atoms with Gasteiger partial charge in [-0.25, -0.2) is 0 Å². The molecule has 0 unspecified atom stereocenters. The third-order valence-electron chi connectivity index (χ3n) is 3.11. The predicted octanol–water partition coefficient (Wildman–Crippen LogP) is 1.60. The number of nitrogens with one attached hydrogen (secondary N) is 1. The molecule has 0 fully saturated rings. The molecular weight excluding hydrogens is 266 g/mol. The molecule has 1 aromatic carbocycles. The van der Waals surface area contributed by atoms with Crippen molar-refractivity contribution in [3.05, 3.63) is 42.4 Å². The Labute approximate surface area is 121 Å². The molecule has 0 spiro atoms. The van der Waals surface area contributed by atoms with Crippen molar-refractivity contribution in [2.45, 2.75) is 13.0 Å². The molecule has 0 aliphatic carbocycles. The van der Waals surface area contributed by atoms with Gasteiger partial charge < -0.3 is 5.32 Å². The highest BCUT2D eigenvalue weighted by Gasteiger charge is 2.09. The highest BCUT2D eigenvalue weighted by Crippen LogP contribution is 2.23. The third kappa shape index (κ3) is 2.79. The van der Waals surface area contributed by atoms with Crippen molar-refractivity contribution in [1.29, 1.82) is 5.26 Å². The third-order valence-corrected chi connectivity index (χ3v) is 3.11. The number of nitriles is 1. The fourth-order valence-corrected chi connectivity index (χ4v) is 2.12. The summed E-state index contributed by atoms with van der Waals surface area (Å²) >= 11 is 0. The molecule has 0 atom stereocenters. The second-order valence-corrected chi connectivity index (χ2v) is 4.50. The van der Waals surface area contributed by atoms with Crippen molar-refractivity contribution in [3.8, 4) is 6.07 Å². The summed E-state index contributed by atoms with van der Waals surface area (Å²) in [5.41, 5.74) is 1.83. The van der Waals surface area contributed by atoms with E-state index in [1.807, 2.05) is 30.5 Å². The molecule has 104 valence electrons. The highest BCUT2D eigenvalue weighted by atomic mass is 15.4. The standard InChI is InChI=1S/C14H13N7/c15-10-13-14(11-4-1-2-5-12(11)18-19-13)16-6-3-8-21-9-7-17-20-21/h1-2,4-5,7,9H,3,6,8H2,(H,16,18). The maximum atomic E-state index is 9.17. The highest BCUT2D eigenvalue weighted by molar-refractivity contribution is 5.92. The van der Waals surface area contributed by atoms with Gasteiger partial charge in [0.05, 0.1) is 17.4 Å². The maximum absolute atomic E-state index is 9.17. The monoisotopic (exact) mass is 279 g/mol. The van der Waals surface area contributed by atoms with Gasteiger partial charge in [0.15, 0.2) is 5.69 Å². The number of aromatic nitrogens is 5. The maximum Gasteiger partial charge on any atom is 0.186 e. The van der Waals surface area contributed by atoms with Crippen molar-refractivity contribution < 1.29 is 0 Å². The average Bonchev–Trinajstić information content (AvgIpc) is 3.04. The molecule has 0 amide bonds. The number of aryl methyl sites for hydroxylation is 1. The Bertz CT molecular complexity index is 774. The Hall–Kier alpha value is -3.01. The van der Waals surface area contributed by atoms with Gasteiger partial charge in [0.1, 0.15) is 6.07 Å². The molecule has 7 heteroatoms. The zero-order valence-electron chi connectivity index (χ0n) is 11.3. The minimum Gasteiger partial charge on any atom is -0.382 e. The van der Waals surface area contributed by atoms with Crippen LogP contribution in [0.3, 0.4) is 0 Å². The van der Waals surface area contributed by atoms with E-state index in [-0.39, 0.29) is 0 Å². The van der Waals surface area contributed by atoms with Crippen molar-refractivity contribution in [1.82, 2.24) is 25.2 Å². The van der Waals surface area contributed by atoms with Crippen LogP contribution in [-0.2, 0) is 6.54 Å². The number of benzene rings is 1. The van der Waals surface area contributed by atoms with Gasteiger partial charge in [0, 0.05) is 24.7 Å². The van der Waals surface area contributed by atoms with E-state index in [0.29, 0.717) is 12.2 Å². The first-order valence-electron chi connectivity index (χ1n) is 6.62. The first-order chi connectivity index (χ1) is 10.4. The molecular formula is C14H13N7. The Morgan fingerprint density at radius 2 is 2.14 bits per heavy atom. The molecule has 0 saturated carbocycles. The van der Waals surface area contributed by atoms with Crippen LogP contribution < -0.4 is 5.32 Å².